The van der Waals surface area contributed by atoms with Crippen molar-refractivity contribution in [3.05, 3.63) is 48.2 Å². The molecule has 4 aromatic heterocycles. The van der Waals surface area contributed by atoms with E-state index in [4.69, 9.17) is 0 Å². The zero-order valence-electron chi connectivity index (χ0n) is 16.1. The molecule has 0 amide bonds. The van der Waals surface area contributed by atoms with Gasteiger partial charge in [-0.15, -0.1) is 5.10 Å². The highest BCUT2D eigenvalue weighted by Crippen LogP contribution is 2.28. The van der Waals surface area contributed by atoms with Crippen molar-refractivity contribution in [3.8, 4) is 11.3 Å². The summed E-state index contributed by atoms with van der Waals surface area (Å²) in [5, 5.41) is 13.6. The quantitative estimate of drug-likeness (QED) is 0.571. The lowest BCUT2D eigenvalue weighted by atomic mass is 10.1. The highest BCUT2D eigenvalue weighted by atomic mass is 32.1. The number of rotatable bonds is 4. The highest BCUT2D eigenvalue weighted by molar-refractivity contribution is 7.20. The van der Waals surface area contributed by atoms with Gasteiger partial charge in [-0.05, 0) is 46.8 Å². The minimum Gasteiger partial charge on any atom is -0.353 e. The molecule has 1 atom stereocenters. The van der Waals surface area contributed by atoms with Crippen LogP contribution < -0.4 is 5.32 Å². The van der Waals surface area contributed by atoms with Gasteiger partial charge in [0.05, 0.1) is 29.2 Å². The first-order chi connectivity index (χ1) is 12.8. The van der Waals surface area contributed by atoms with E-state index < -0.39 is 0 Å². The summed E-state index contributed by atoms with van der Waals surface area (Å²) < 4.78 is 3.83. The van der Waals surface area contributed by atoms with E-state index in [9.17, 15) is 0 Å². The molecule has 27 heavy (non-hydrogen) atoms. The summed E-state index contributed by atoms with van der Waals surface area (Å²) in [5.74, 6) is 0. The Morgan fingerprint density at radius 3 is 2.63 bits per heavy atom. The van der Waals surface area contributed by atoms with Gasteiger partial charge in [0.25, 0.3) is 0 Å². The minimum atomic E-state index is -0.0344. The number of pyridine rings is 1. The Balaban J connectivity index is 1.55. The molecule has 0 bridgehead atoms. The van der Waals surface area contributed by atoms with Gasteiger partial charge in [0.15, 0.2) is 0 Å². The molecular weight excluding hydrogens is 358 g/mol. The lowest BCUT2D eigenvalue weighted by Crippen LogP contribution is -2.22. The van der Waals surface area contributed by atoms with Crippen LogP contribution in [0.5, 0.6) is 0 Å². The topological polar surface area (TPSA) is 72.9 Å². The Labute approximate surface area is 162 Å². The van der Waals surface area contributed by atoms with E-state index in [1.165, 1.54) is 16.9 Å². The SMILES string of the molecule is Cc1nn(C(C)(C)C)cc1C(C)Nc1nn2cc(-c3cccnc3)nc2s1. The summed E-state index contributed by atoms with van der Waals surface area (Å²) in [6.07, 6.45) is 7.62. The van der Waals surface area contributed by atoms with Gasteiger partial charge in [0.1, 0.15) is 0 Å². The molecule has 4 rings (SSSR count). The number of nitrogens with zero attached hydrogens (tertiary/aromatic N) is 6. The molecular formula is C19H23N7S. The van der Waals surface area contributed by atoms with Gasteiger partial charge in [0, 0.05) is 29.7 Å². The Hall–Kier alpha value is -2.74. The van der Waals surface area contributed by atoms with Crippen LogP contribution in [-0.4, -0.2) is 29.4 Å². The molecule has 4 aromatic rings. The van der Waals surface area contributed by atoms with Crippen LogP contribution >= 0.6 is 11.3 Å². The minimum absolute atomic E-state index is 0.0344. The van der Waals surface area contributed by atoms with Crippen LogP contribution in [0.15, 0.2) is 36.9 Å². The van der Waals surface area contributed by atoms with Gasteiger partial charge in [-0.2, -0.15) is 5.10 Å². The lowest BCUT2D eigenvalue weighted by molar-refractivity contribution is 0.354. The van der Waals surface area contributed by atoms with Crippen LogP contribution in [0, 0.1) is 6.92 Å². The van der Waals surface area contributed by atoms with Crippen molar-refractivity contribution in [2.45, 2.75) is 46.2 Å². The van der Waals surface area contributed by atoms with Crippen molar-refractivity contribution in [2.75, 3.05) is 5.32 Å². The van der Waals surface area contributed by atoms with Gasteiger partial charge >= 0.3 is 0 Å². The van der Waals surface area contributed by atoms with E-state index in [0.717, 1.165) is 27.0 Å². The fraction of sp³-hybridized carbons (Fsp3) is 0.368. The Bertz CT molecular complexity index is 1040. The third-order valence-electron chi connectivity index (χ3n) is 4.43. The van der Waals surface area contributed by atoms with Crippen molar-refractivity contribution in [3.63, 3.8) is 0 Å². The molecule has 1 unspecified atom stereocenters. The molecule has 140 valence electrons. The fourth-order valence-corrected chi connectivity index (χ4v) is 3.79. The zero-order chi connectivity index (χ0) is 19.2. The molecule has 0 aliphatic rings. The van der Waals surface area contributed by atoms with Crippen molar-refractivity contribution < 1.29 is 0 Å². The van der Waals surface area contributed by atoms with E-state index in [-0.39, 0.29) is 11.6 Å². The number of nitrogens with one attached hydrogen (secondary N) is 1. The molecule has 4 heterocycles. The maximum absolute atomic E-state index is 4.66. The second-order valence-corrected chi connectivity index (χ2v) is 8.61. The van der Waals surface area contributed by atoms with E-state index in [1.54, 1.807) is 6.20 Å². The van der Waals surface area contributed by atoms with Gasteiger partial charge in [-0.25, -0.2) is 9.50 Å². The first kappa shape index (κ1) is 17.7. The van der Waals surface area contributed by atoms with Crippen molar-refractivity contribution >= 4 is 21.4 Å². The van der Waals surface area contributed by atoms with Gasteiger partial charge in [0.2, 0.25) is 10.1 Å². The smallest absolute Gasteiger partial charge is 0.214 e. The first-order valence-corrected chi connectivity index (χ1v) is 9.73. The molecule has 8 heteroatoms. The van der Waals surface area contributed by atoms with Crippen LogP contribution in [0.3, 0.4) is 0 Å². The van der Waals surface area contributed by atoms with E-state index in [1.807, 2.05) is 40.6 Å². The summed E-state index contributed by atoms with van der Waals surface area (Å²) >= 11 is 1.54. The number of hydrogen-bond acceptors (Lipinski definition) is 6. The fourth-order valence-electron chi connectivity index (χ4n) is 2.92. The average molecular weight is 382 g/mol. The summed E-state index contributed by atoms with van der Waals surface area (Å²) in [4.78, 5) is 9.66. The standard InChI is InChI=1S/C19H23N7S/c1-12(15-10-26(19(3,4)5)23-13(15)2)21-17-24-25-11-16(22-18(25)27-17)14-7-6-8-20-9-14/h6-12H,1-5H3,(H,21,24). The summed E-state index contributed by atoms with van der Waals surface area (Å²) in [5.41, 5.74) is 4.04. The van der Waals surface area contributed by atoms with Crippen LogP contribution in [0.1, 0.15) is 45.0 Å². The van der Waals surface area contributed by atoms with E-state index in [0.29, 0.717) is 0 Å². The summed E-state index contributed by atoms with van der Waals surface area (Å²) in [6.45, 7) is 10.6. The Morgan fingerprint density at radius 1 is 1.19 bits per heavy atom. The number of aromatic nitrogens is 6. The highest BCUT2D eigenvalue weighted by Gasteiger charge is 2.20. The Kier molecular flexibility index (Phi) is 4.22. The summed E-state index contributed by atoms with van der Waals surface area (Å²) in [6, 6.07) is 4.01. The average Bonchev–Trinajstić information content (AvgIpc) is 3.27. The van der Waals surface area contributed by atoms with Crippen molar-refractivity contribution in [2.24, 2.45) is 0 Å². The zero-order valence-corrected chi connectivity index (χ0v) is 16.9. The molecule has 0 fully saturated rings. The lowest BCUT2D eigenvalue weighted by Gasteiger charge is -2.19. The van der Waals surface area contributed by atoms with Crippen molar-refractivity contribution in [1.29, 1.82) is 0 Å². The summed E-state index contributed by atoms with van der Waals surface area (Å²) in [7, 11) is 0. The molecule has 1 N–H and O–H groups in total. The van der Waals surface area contributed by atoms with Crippen LogP contribution in [0.25, 0.3) is 16.2 Å². The molecule has 0 radical (unpaired) electrons. The molecule has 0 saturated carbocycles. The van der Waals surface area contributed by atoms with Gasteiger partial charge < -0.3 is 5.32 Å². The molecule has 7 nitrogen and oxygen atoms in total. The third kappa shape index (κ3) is 3.44. The number of hydrogen-bond donors (Lipinski definition) is 1. The number of aryl methyl sites for hydroxylation is 1. The maximum atomic E-state index is 4.66. The van der Waals surface area contributed by atoms with Crippen LogP contribution in [0.2, 0.25) is 0 Å². The molecule has 0 spiro atoms. The molecule has 0 aliphatic carbocycles. The third-order valence-corrected chi connectivity index (χ3v) is 5.28. The molecule has 0 aromatic carbocycles. The number of anilines is 1. The van der Waals surface area contributed by atoms with E-state index >= 15 is 0 Å². The second kappa shape index (κ2) is 6.45. The largest absolute Gasteiger partial charge is 0.353 e. The number of imidazole rings is 1. The molecule has 0 saturated heterocycles. The normalized spacial score (nSPS) is 13.2. The second-order valence-electron chi connectivity index (χ2n) is 7.65. The maximum Gasteiger partial charge on any atom is 0.214 e. The van der Waals surface area contributed by atoms with Gasteiger partial charge in [-0.3, -0.25) is 9.67 Å². The van der Waals surface area contributed by atoms with E-state index in [2.05, 4.69) is 59.4 Å². The Morgan fingerprint density at radius 2 is 2.00 bits per heavy atom. The predicted octanol–water partition coefficient (Wildman–Crippen LogP) is 4.29. The van der Waals surface area contributed by atoms with Crippen molar-refractivity contribution in [1.82, 2.24) is 29.4 Å². The van der Waals surface area contributed by atoms with Crippen LogP contribution in [-0.2, 0) is 5.54 Å². The monoisotopic (exact) mass is 381 g/mol. The van der Waals surface area contributed by atoms with Gasteiger partial charge in [-0.1, -0.05) is 11.3 Å². The van der Waals surface area contributed by atoms with Crippen LogP contribution in [0.4, 0.5) is 5.13 Å². The molecule has 0 aliphatic heterocycles. The number of fused-ring (bicyclic) bond motifs is 1. The predicted molar refractivity (Wildman–Crippen MR) is 108 cm³/mol. The first-order valence-electron chi connectivity index (χ1n) is 8.91.